The zero-order chi connectivity index (χ0) is 16.6. The summed E-state index contributed by atoms with van der Waals surface area (Å²) in [7, 11) is -3.28. The molecule has 2 atom stereocenters. The third-order valence-corrected chi connectivity index (χ3v) is 5.43. The van der Waals surface area contributed by atoms with E-state index in [2.05, 4.69) is 5.32 Å². The van der Waals surface area contributed by atoms with Crippen molar-refractivity contribution in [2.75, 3.05) is 26.0 Å². The van der Waals surface area contributed by atoms with E-state index in [1.165, 1.54) is 24.3 Å². The van der Waals surface area contributed by atoms with E-state index in [9.17, 15) is 18.0 Å². The van der Waals surface area contributed by atoms with Crippen LogP contribution in [0.3, 0.4) is 0 Å². The number of piperidine rings is 1. The van der Waals surface area contributed by atoms with Gasteiger partial charge in [0.15, 0.2) is 9.84 Å². The molecule has 2 saturated heterocycles. The zero-order valence-corrected chi connectivity index (χ0v) is 13.5. The summed E-state index contributed by atoms with van der Waals surface area (Å²) >= 11 is 0. The second-order valence-corrected chi connectivity index (χ2v) is 7.96. The van der Waals surface area contributed by atoms with Crippen molar-refractivity contribution < 1.29 is 22.7 Å². The van der Waals surface area contributed by atoms with E-state index in [-0.39, 0.29) is 22.8 Å². The Labute approximate surface area is 134 Å². The van der Waals surface area contributed by atoms with Crippen molar-refractivity contribution in [1.82, 2.24) is 10.2 Å². The first kappa shape index (κ1) is 15.8. The van der Waals surface area contributed by atoms with E-state index < -0.39 is 15.9 Å². The average Bonchev–Trinajstić information content (AvgIpc) is 2.52. The summed E-state index contributed by atoms with van der Waals surface area (Å²) < 4.78 is 27.9. The number of amides is 2. The van der Waals surface area contributed by atoms with Gasteiger partial charge in [0, 0.05) is 30.8 Å². The Balaban J connectivity index is 1.72. The Hall–Kier alpha value is -2.09. The molecule has 2 fully saturated rings. The summed E-state index contributed by atoms with van der Waals surface area (Å²) in [6.45, 7) is 1.42. The van der Waals surface area contributed by atoms with E-state index >= 15 is 0 Å². The second-order valence-electron chi connectivity index (χ2n) is 5.95. The summed E-state index contributed by atoms with van der Waals surface area (Å²) in [5, 5.41) is 2.75. The largest absolute Gasteiger partial charge is 0.449 e. The molecule has 0 aliphatic carbocycles. The van der Waals surface area contributed by atoms with Gasteiger partial charge in [0.25, 0.3) is 5.91 Å². The highest BCUT2D eigenvalue weighted by Gasteiger charge is 2.36. The average molecular weight is 338 g/mol. The maximum absolute atomic E-state index is 12.5. The Morgan fingerprint density at radius 2 is 2.00 bits per heavy atom. The lowest BCUT2D eigenvalue weighted by Crippen LogP contribution is -2.58. The van der Waals surface area contributed by atoms with Crippen LogP contribution in [0.25, 0.3) is 0 Å². The first-order chi connectivity index (χ1) is 10.8. The van der Waals surface area contributed by atoms with Crippen molar-refractivity contribution in [2.45, 2.75) is 17.4 Å². The maximum atomic E-state index is 12.5. The number of nitrogens with one attached hydrogen (secondary N) is 1. The first-order valence-corrected chi connectivity index (χ1v) is 9.26. The summed E-state index contributed by atoms with van der Waals surface area (Å²) in [4.78, 5) is 25.7. The van der Waals surface area contributed by atoms with Gasteiger partial charge in [-0.15, -0.1) is 0 Å². The number of benzene rings is 1. The highest BCUT2D eigenvalue weighted by atomic mass is 32.2. The number of hydrogen-bond acceptors (Lipinski definition) is 5. The smallest absolute Gasteiger partial charge is 0.407 e. The number of carbonyl (C=O) groups excluding carboxylic acids is 2. The van der Waals surface area contributed by atoms with Crippen molar-refractivity contribution in [1.29, 1.82) is 0 Å². The number of ether oxygens (including phenoxy) is 1. The normalized spacial score (nSPS) is 24.4. The third kappa shape index (κ3) is 3.31. The predicted octanol–water partition coefficient (Wildman–Crippen LogP) is 0.661. The number of fused-ring (bicyclic) bond motifs is 1. The van der Waals surface area contributed by atoms with Crippen molar-refractivity contribution in [2.24, 2.45) is 5.92 Å². The molecule has 2 aliphatic rings. The highest BCUT2D eigenvalue weighted by molar-refractivity contribution is 7.90. The number of cyclic esters (lactones) is 1. The van der Waals surface area contributed by atoms with Gasteiger partial charge >= 0.3 is 6.09 Å². The summed E-state index contributed by atoms with van der Waals surface area (Å²) in [5.74, 6) is 0.0635. The van der Waals surface area contributed by atoms with Crippen molar-refractivity contribution in [3.63, 3.8) is 0 Å². The van der Waals surface area contributed by atoms with Gasteiger partial charge in [-0.3, -0.25) is 4.79 Å². The molecular weight excluding hydrogens is 320 g/mol. The standard InChI is InChI=1S/C15H18N2O5S/c1-23(20,21)12-4-2-10(3-5-12)14(18)17-7-6-11-9-22-15(19)16-13(11)8-17/h2-5,11,13H,6-9H2,1H3,(H,16,19)/t11-,13+/m0/s1. The molecule has 7 nitrogen and oxygen atoms in total. The van der Waals surface area contributed by atoms with Crippen LogP contribution < -0.4 is 5.32 Å². The number of sulfone groups is 1. The Bertz CT molecular complexity index is 729. The number of alkyl carbamates (subject to hydrolysis) is 1. The van der Waals surface area contributed by atoms with Crippen LogP contribution in [0.1, 0.15) is 16.8 Å². The Kier molecular flexibility index (Phi) is 4.01. The molecule has 0 unspecified atom stereocenters. The molecule has 2 amide bonds. The van der Waals surface area contributed by atoms with Crippen LogP contribution in [-0.2, 0) is 14.6 Å². The molecule has 1 N–H and O–H groups in total. The Morgan fingerprint density at radius 3 is 2.65 bits per heavy atom. The van der Waals surface area contributed by atoms with E-state index in [1.54, 1.807) is 4.90 Å². The van der Waals surface area contributed by atoms with E-state index in [0.717, 1.165) is 12.7 Å². The fourth-order valence-electron chi connectivity index (χ4n) is 2.95. The minimum Gasteiger partial charge on any atom is -0.449 e. The molecule has 3 rings (SSSR count). The molecule has 1 aromatic carbocycles. The lowest BCUT2D eigenvalue weighted by atomic mass is 9.91. The highest BCUT2D eigenvalue weighted by Crippen LogP contribution is 2.23. The van der Waals surface area contributed by atoms with Gasteiger partial charge in [0.05, 0.1) is 17.5 Å². The summed E-state index contributed by atoms with van der Waals surface area (Å²) in [5.41, 5.74) is 0.439. The molecule has 0 spiro atoms. The molecule has 8 heteroatoms. The molecule has 2 aliphatic heterocycles. The van der Waals surface area contributed by atoms with Crippen LogP contribution in [0.15, 0.2) is 29.2 Å². The summed E-state index contributed by atoms with van der Waals surface area (Å²) in [6, 6.07) is 5.82. The van der Waals surface area contributed by atoms with Crippen LogP contribution in [0.4, 0.5) is 4.79 Å². The van der Waals surface area contributed by atoms with Crippen molar-refractivity contribution >= 4 is 21.8 Å². The third-order valence-electron chi connectivity index (χ3n) is 4.30. The fourth-order valence-corrected chi connectivity index (χ4v) is 3.58. The van der Waals surface area contributed by atoms with Crippen LogP contribution in [-0.4, -0.2) is 57.3 Å². The van der Waals surface area contributed by atoms with Crippen molar-refractivity contribution in [3.8, 4) is 0 Å². The van der Waals surface area contributed by atoms with Gasteiger partial charge in [-0.25, -0.2) is 13.2 Å². The van der Waals surface area contributed by atoms with E-state index in [0.29, 0.717) is 25.3 Å². The van der Waals surface area contributed by atoms with Crippen molar-refractivity contribution in [3.05, 3.63) is 29.8 Å². The molecule has 2 heterocycles. The lowest BCUT2D eigenvalue weighted by Gasteiger charge is -2.40. The van der Waals surface area contributed by atoms with Gasteiger partial charge in [-0.05, 0) is 30.7 Å². The van der Waals surface area contributed by atoms with Gasteiger partial charge in [0.2, 0.25) is 0 Å². The molecule has 0 aromatic heterocycles. The first-order valence-electron chi connectivity index (χ1n) is 7.37. The van der Waals surface area contributed by atoms with Crippen LogP contribution in [0.2, 0.25) is 0 Å². The molecule has 0 radical (unpaired) electrons. The van der Waals surface area contributed by atoms with Gasteiger partial charge < -0.3 is 15.0 Å². The number of hydrogen-bond donors (Lipinski definition) is 1. The second kappa shape index (κ2) is 5.84. The van der Waals surface area contributed by atoms with Crippen LogP contribution in [0.5, 0.6) is 0 Å². The zero-order valence-electron chi connectivity index (χ0n) is 12.7. The van der Waals surface area contributed by atoms with E-state index in [1.807, 2.05) is 0 Å². The van der Waals surface area contributed by atoms with Gasteiger partial charge in [-0.2, -0.15) is 0 Å². The Morgan fingerprint density at radius 1 is 1.30 bits per heavy atom. The van der Waals surface area contributed by atoms with E-state index in [4.69, 9.17) is 4.74 Å². The van der Waals surface area contributed by atoms with Crippen LogP contribution >= 0.6 is 0 Å². The minimum absolute atomic E-state index is 0.0933. The fraction of sp³-hybridized carbons (Fsp3) is 0.467. The molecular formula is C15H18N2O5S. The number of likely N-dealkylation sites (tertiary alicyclic amines) is 1. The minimum atomic E-state index is -3.28. The monoisotopic (exact) mass is 338 g/mol. The molecule has 124 valence electrons. The molecule has 0 bridgehead atoms. The lowest BCUT2D eigenvalue weighted by molar-refractivity contribution is 0.0337. The van der Waals surface area contributed by atoms with Gasteiger partial charge in [-0.1, -0.05) is 0 Å². The predicted molar refractivity (Wildman–Crippen MR) is 81.8 cm³/mol. The topological polar surface area (TPSA) is 92.8 Å². The SMILES string of the molecule is CS(=O)(=O)c1ccc(C(=O)N2CC[C@H]3COC(=O)N[C@@H]3C2)cc1. The molecule has 0 saturated carbocycles. The number of nitrogens with zero attached hydrogens (tertiary/aromatic N) is 1. The molecule has 23 heavy (non-hydrogen) atoms. The quantitative estimate of drug-likeness (QED) is 0.855. The summed E-state index contributed by atoms with van der Waals surface area (Å²) in [6.07, 6.45) is 1.44. The number of carbonyl (C=O) groups is 2. The number of rotatable bonds is 2. The maximum Gasteiger partial charge on any atom is 0.407 e. The van der Waals surface area contributed by atoms with Crippen LogP contribution in [0, 0.1) is 5.92 Å². The van der Waals surface area contributed by atoms with Gasteiger partial charge in [0.1, 0.15) is 0 Å². The molecule has 1 aromatic rings.